The van der Waals surface area contributed by atoms with Crippen LogP contribution in [0.25, 0.3) is 0 Å². The zero-order valence-corrected chi connectivity index (χ0v) is 19.5. The molecule has 1 amide bonds. The molecule has 31 heavy (non-hydrogen) atoms. The Balaban J connectivity index is 1.59. The van der Waals surface area contributed by atoms with E-state index in [1.54, 1.807) is 17.3 Å². The van der Waals surface area contributed by atoms with Gasteiger partial charge in [0.1, 0.15) is 5.82 Å². The Hall–Kier alpha value is -2.31. The molecule has 2 aromatic rings. The third-order valence-corrected chi connectivity index (χ3v) is 6.01. The molecule has 1 aromatic heterocycles. The molecule has 0 radical (unpaired) electrons. The van der Waals surface area contributed by atoms with Crippen molar-refractivity contribution in [2.45, 2.75) is 71.1 Å². The first kappa shape index (κ1) is 23.4. The highest BCUT2D eigenvalue weighted by Crippen LogP contribution is 2.26. The lowest BCUT2D eigenvalue weighted by Gasteiger charge is -2.42. The van der Waals surface area contributed by atoms with Crippen molar-refractivity contribution in [2.24, 2.45) is 0 Å². The topological polar surface area (TPSA) is 69.6 Å². The first-order valence-corrected chi connectivity index (χ1v) is 11.2. The number of carbonyl (C=O) groups excluding carboxylic acids is 1. The number of hydrogen-bond donors (Lipinski definition) is 1. The molecule has 0 unspecified atom stereocenters. The van der Waals surface area contributed by atoms with Crippen LogP contribution >= 0.6 is 0 Å². The van der Waals surface area contributed by atoms with Gasteiger partial charge in [-0.15, -0.1) is 0 Å². The third-order valence-electron chi connectivity index (χ3n) is 6.01. The number of nitrogens with zero attached hydrogens (tertiary/aromatic N) is 4. The van der Waals surface area contributed by atoms with E-state index in [0.717, 1.165) is 12.4 Å². The molecule has 0 saturated carbocycles. The van der Waals surface area contributed by atoms with Crippen LogP contribution in [-0.2, 0) is 12.0 Å². The number of carbonyl (C=O) groups is 1. The van der Waals surface area contributed by atoms with Gasteiger partial charge in [0.05, 0.1) is 11.2 Å². The van der Waals surface area contributed by atoms with E-state index in [0.29, 0.717) is 44.1 Å². The molecule has 0 atom stereocenters. The van der Waals surface area contributed by atoms with E-state index in [4.69, 9.17) is 0 Å². The van der Waals surface area contributed by atoms with Gasteiger partial charge in [0.2, 0.25) is 0 Å². The molecule has 2 heterocycles. The summed E-state index contributed by atoms with van der Waals surface area (Å²) >= 11 is 0. The predicted octanol–water partition coefficient (Wildman–Crippen LogP) is 3.65. The summed E-state index contributed by atoms with van der Waals surface area (Å²) < 4.78 is 0. The smallest absolute Gasteiger partial charge is 0.256 e. The quantitative estimate of drug-likeness (QED) is 0.767. The number of benzene rings is 1. The van der Waals surface area contributed by atoms with Crippen LogP contribution in [0, 0.1) is 0 Å². The molecular weight excluding hydrogens is 388 g/mol. The molecule has 1 fully saturated rings. The van der Waals surface area contributed by atoms with E-state index in [1.807, 2.05) is 39.0 Å². The SMILES string of the molecule is CC(C)N(Cc1ccccc1)CC1(O)CCN(C(=O)c2cnc(C(C)(C)C)nc2)CC1. The van der Waals surface area contributed by atoms with E-state index < -0.39 is 5.60 Å². The van der Waals surface area contributed by atoms with Gasteiger partial charge in [0.15, 0.2) is 0 Å². The lowest BCUT2D eigenvalue weighted by molar-refractivity contribution is -0.0480. The number of aromatic nitrogens is 2. The van der Waals surface area contributed by atoms with Crippen molar-refractivity contribution in [3.63, 3.8) is 0 Å². The molecule has 0 aliphatic carbocycles. The van der Waals surface area contributed by atoms with Gasteiger partial charge < -0.3 is 10.0 Å². The maximum absolute atomic E-state index is 12.9. The second-order valence-corrected chi connectivity index (χ2v) is 10.0. The molecule has 1 N–H and O–H groups in total. The third kappa shape index (κ3) is 6.11. The highest BCUT2D eigenvalue weighted by molar-refractivity contribution is 5.93. The average Bonchev–Trinajstić information content (AvgIpc) is 2.73. The highest BCUT2D eigenvalue weighted by Gasteiger charge is 2.36. The molecule has 0 bridgehead atoms. The van der Waals surface area contributed by atoms with Crippen LogP contribution in [0.15, 0.2) is 42.7 Å². The number of rotatable bonds is 6. The summed E-state index contributed by atoms with van der Waals surface area (Å²) in [5.41, 5.74) is 0.811. The van der Waals surface area contributed by atoms with Gasteiger partial charge in [-0.2, -0.15) is 0 Å². The van der Waals surface area contributed by atoms with Gasteiger partial charge in [0, 0.05) is 50.0 Å². The Bertz CT molecular complexity index is 851. The van der Waals surface area contributed by atoms with Crippen LogP contribution in [-0.4, -0.2) is 62.1 Å². The first-order valence-electron chi connectivity index (χ1n) is 11.2. The standard InChI is InChI=1S/C25H36N4O2/c1-19(2)29(17-20-9-7-6-8-10-20)18-25(31)11-13-28(14-12-25)22(30)21-15-26-23(27-16-21)24(3,4)5/h6-10,15-16,19,31H,11-14,17-18H2,1-5H3. The summed E-state index contributed by atoms with van der Waals surface area (Å²) in [7, 11) is 0. The summed E-state index contributed by atoms with van der Waals surface area (Å²) in [6.07, 6.45) is 4.38. The number of aliphatic hydroxyl groups is 1. The Kier molecular flexibility index (Phi) is 7.12. The number of amides is 1. The van der Waals surface area contributed by atoms with Crippen molar-refractivity contribution in [2.75, 3.05) is 19.6 Å². The minimum atomic E-state index is -0.789. The molecule has 6 heteroatoms. The van der Waals surface area contributed by atoms with Crippen molar-refractivity contribution >= 4 is 5.91 Å². The summed E-state index contributed by atoms with van der Waals surface area (Å²) in [5, 5.41) is 11.3. The fourth-order valence-corrected chi connectivity index (χ4v) is 3.91. The van der Waals surface area contributed by atoms with Gasteiger partial charge in [0.25, 0.3) is 5.91 Å². The predicted molar refractivity (Wildman–Crippen MR) is 123 cm³/mol. The molecule has 1 aromatic carbocycles. The zero-order chi connectivity index (χ0) is 22.6. The van der Waals surface area contributed by atoms with Crippen LogP contribution in [0.2, 0.25) is 0 Å². The van der Waals surface area contributed by atoms with E-state index in [9.17, 15) is 9.90 Å². The van der Waals surface area contributed by atoms with Crippen LogP contribution in [0.3, 0.4) is 0 Å². The fourth-order valence-electron chi connectivity index (χ4n) is 3.91. The van der Waals surface area contributed by atoms with E-state index in [1.165, 1.54) is 5.56 Å². The van der Waals surface area contributed by atoms with E-state index in [2.05, 4.69) is 40.8 Å². The lowest BCUT2D eigenvalue weighted by atomic mass is 9.90. The molecule has 0 spiro atoms. The average molecular weight is 425 g/mol. The number of piperidine rings is 1. The van der Waals surface area contributed by atoms with Crippen LogP contribution in [0.1, 0.15) is 69.2 Å². The van der Waals surface area contributed by atoms with Crippen LogP contribution in [0.4, 0.5) is 0 Å². The zero-order valence-electron chi connectivity index (χ0n) is 19.5. The summed E-state index contributed by atoms with van der Waals surface area (Å²) in [6.45, 7) is 12.9. The van der Waals surface area contributed by atoms with Crippen LogP contribution in [0.5, 0.6) is 0 Å². The number of likely N-dealkylation sites (tertiary alicyclic amines) is 1. The Morgan fingerprint density at radius 2 is 1.71 bits per heavy atom. The minimum absolute atomic E-state index is 0.0625. The molecule has 1 aliphatic rings. The Morgan fingerprint density at radius 3 is 2.23 bits per heavy atom. The first-order chi connectivity index (χ1) is 14.6. The second kappa shape index (κ2) is 9.45. The van der Waals surface area contributed by atoms with Gasteiger partial charge in [-0.25, -0.2) is 9.97 Å². The molecule has 1 saturated heterocycles. The van der Waals surface area contributed by atoms with Crippen molar-refractivity contribution in [3.05, 3.63) is 59.7 Å². The van der Waals surface area contributed by atoms with Gasteiger partial charge in [-0.05, 0) is 32.3 Å². The van der Waals surface area contributed by atoms with Gasteiger partial charge in [-0.1, -0.05) is 51.1 Å². The molecule has 1 aliphatic heterocycles. The summed E-state index contributed by atoms with van der Waals surface area (Å²) in [5.74, 6) is 0.664. The molecular formula is C25H36N4O2. The minimum Gasteiger partial charge on any atom is -0.388 e. The molecule has 168 valence electrons. The maximum Gasteiger partial charge on any atom is 0.256 e. The molecule has 3 rings (SSSR count). The van der Waals surface area contributed by atoms with E-state index in [-0.39, 0.29) is 11.3 Å². The lowest BCUT2D eigenvalue weighted by Crippen LogP contribution is -2.53. The fraction of sp³-hybridized carbons (Fsp3) is 0.560. The molecule has 6 nitrogen and oxygen atoms in total. The van der Waals surface area contributed by atoms with Gasteiger partial charge >= 0.3 is 0 Å². The monoisotopic (exact) mass is 424 g/mol. The van der Waals surface area contributed by atoms with Crippen LogP contribution < -0.4 is 0 Å². The van der Waals surface area contributed by atoms with Gasteiger partial charge in [-0.3, -0.25) is 9.69 Å². The van der Waals surface area contributed by atoms with Crippen molar-refractivity contribution in [3.8, 4) is 0 Å². The van der Waals surface area contributed by atoms with Crippen molar-refractivity contribution in [1.82, 2.24) is 19.8 Å². The second-order valence-electron chi connectivity index (χ2n) is 10.0. The highest BCUT2D eigenvalue weighted by atomic mass is 16.3. The number of hydrogen-bond acceptors (Lipinski definition) is 5. The van der Waals surface area contributed by atoms with E-state index >= 15 is 0 Å². The normalized spacial score (nSPS) is 16.7. The Morgan fingerprint density at radius 1 is 1.13 bits per heavy atom. The summed E-state index contributed by atoms with van der Waals surface area (Å²) in [4.78, 5) is 25.8. The van der Waals surface area contributed by atoms with Crippen molar-refractivity contribution < 1.29 is 9.90 Å². The largest absolute Gasteiger partial charge is 0.388 e. The summed E-state index contributed by atoms with van der Waals surface area (Å²) in [6, 6.07) is 10.7. The Labute approximate surface area is 186 Å². The maximum atomic E-state index is 12.9. The van der Waals surface area contributed by atoms with Crippen molar-refractivity contribution in [1.29, 1.82) is 0 Å².